The molecule has 2 aliphatic heterocycles. The van der Waals surface area contributed by atoms with Crippen molar-refractivity contribution in [1.82, 2.24) is 10.3 Å². The van der Waals surface area contributed by atoms with Gasteiger partial charge in [-0.15, -0.1) is 0 Å². The summed E-state index contributed by atoms with van der Waals surface area (Å²) in [7, 11) is 0. The third kappa shape index (κ3) is 3.07. The molecule has 2 fully saturated rings. The van der Waals surface area contributed by atoms with Crippen LogP contribution in [0, 0.1) is 5.92 Å². The molecule has 0 spiro atoms. The smallest absolute Gasteiger partial charge is 0.224 e. The van der Waals surface area contributed by atoms with Gasteiger partial charge >= 0.3 is 0 Å². The van der Waals surface area contributed by atoms with Crippen LogP contribution in [0.15, 0.2) is 18.3 Å². The molecule has 1 aromatic rings. The second-order valence-corrected chi connectivity index (χ2v) is 5.93. The summed E-state index contributed by atoms with van der Waals surface area (Å²) >= 11 is 5.93. The molecule has 3 heterocycles. The molecule has 0 aromatic carbocycles. The third-order valence-electron chi connectivity index (χ3n) is 4.08. The van der Waals surface area contributed by atoms with E-state index in [0.717, 1.165) is 12.8 Å². The summed E-state index contributed by atoms with van der Waals surface area (Å²) in [6.45, 7) is 0. The summed E-state index contributed by atoms with van der Waals surface area (Å²) in [5, 5.41) is 6.79. The van der Waals surface area contributed by atoms with Crippen LogP contribution in [0.4, 0.5) is 5.69 Å². The van der Waals surface area contributed by atoms with Crippen molar-refractivity contribution in [3.63, 3.8) is 0 Å². The van der Waals surface area contributed by atoms with Gasteiger partial charge in [0.2, 0.25) is 5.91 Å². The van der Waals surface area contributed by atoms with E-state index in [1.54, 1.807) is 18.3 Å². The zero-order valence-corrected chi connectivity index (χ0v) is 11.5. The number of pyridine rings is 1. The average molecular weight is 280 g/mol. The van der Waals surface area contributed by atoms with Crippen LogP contribution in [0.1, 0.15) is 32.1 Å². The Hall–Kier alpha value is -1.13. The highest BCUT2D eigenvalue weighted by atomic mass is 35.5. The lowest BCUT2D eigenvalue weighted by Crippen LogP contribution is -2.39. The number of aromatic nitrogens is 1. The fourth-order valence-electron chi connectivity index (χ4n) is 3.28. The van der Waals surface area contributed by atoms with E-state index in [0.29, 0.717) is 35.3 Å². The molecule has 1 aromatic heterocycles. The molecule has 5 heteroatoms. The molecule has 102 valence electrons. The number of amides is 1. The molecular formula is C14H18ClN3O. The number of fused-ring (bicyclic) bond motifs is 2. The number of hydrogen-bond acceptors (Lipinski definition) is 3. The first-order valence-electron chi connectivity index (χ1n) is 6.87. The van der Waals surface area contributed by atoms with Crippen LogP contribution in [-0.2, 0) is 4.79 Å². The van der Waals surface area contributed by atoms with Gasteiger partial charge in [-0.2, -0.15) is 0 Å². The number of anilines is 1. The lowest BCUT2D eigenvalue weighted by Gasteiger charge is -2.28. The quantitative estimate of drug-likeness (QED) is 0.836. The van der Waals surface area contributed by atoms with Gasteiger partial charge in [0.1, 0.15) is 0 Å². The molecule has 2 atom stereocenters. The van der Waals surface area contributed by atoms with E-state index in [4.69, 9.17) is 11.6 Å². The Labute approximate surface area is 117 Å². The summed E-state index contributed by atoms with van der Waals surface area (Å²) < 4.78 is 0. The van der Waals surface area contributed by atoms with E-state index in [-0.39, 0.29) is 5.91 Å². The van der Waals surface area contributed by atoms with Crippen molar-refractivity contribution in [2.75, 3.05) is 5.32 Å². The van der Waals surface area contributed by atoms with Crippen molar-refractivity contribution >= 4 is 23.2 Å². The van der Waals surface area contributed by atoms with Crippen molar-refractivity contribution in [2.45, 2.75) is 44.2 Å². The Balaban J connectivity index is 1.56. The maximum Gasteiger partial charge on any atom is 0.224 e. The van der Waals surface area contributed by atoms with Gasteiger partial charge in [-0.05, 0) is 43.7 Å². The Bertz CT molecular complexity index is 468. The summed E-state index contributed by atoms with van der Waals surface area (Å²) in [5.41, 5.74) is 0.603. The van der Waals surface area contributed by atoms with E-state index >= 15 is 0 Å². The summed E-state index contributed by atoms with van der Waals surface area (Å²) in [4.78, 5) is 16.0. The highest BCUT2D eigenvalue weighted by Gasteiger charge is 2.34. The van der Waals surface area contributed by atoms with Crippen molar-refractivity contribution in [3.8, 4) is 0 Å². The summed E-state index contributed by atoms with van der Waals surface area (Å²) in [6.07, 6.45) is 6.95. The Morgan fingerprint density at radius 3 is 2.84 bits per heavy atom. The molecule has 2 bridgehead atoms. The number of nitrogens with one attached hydrogen (secondary N) is 2. The van der Waals surface area contributed by atoms with Crippen molar-refractivity contribution in [1.29, 1.82) is 0 Å². The maximum atomic E-state index is 12.0. The molecule has 4 nitrogen and oxygen atoms in total. The van der Waals surface area contributed by atoms with E-state index in [9.17, 15) is 4.79 Å². The molecule has 1 amide bonds. The van der Waals surface area contributed by atoms with Crippen LogP contribution < -0.4 is 10.6 Å². The zero-order chi connectivity index (χ0) is 13.2. The normalized spacial score (nSPS) is 29.2. The second-order valence-electron chi connectivity index (χ2n) is 5.57. The fraction of sp³-hybridized carbons (Fsp3) is 0.571. The Morgan fingerprint density at radius 2 is 2.16 bits per heavy atom. The lowest BCUT2D eigenvalue weighted by atomic mass is 9.89. The fourth-order valence-corrected chi connectivity index (χ4v) is 3.45. The number of carbonyl (C=O) groups is 1. The number of nitrogens with zero attached hydrogens (tertiary/aromatic N) is 1. The predicted octanol–water partition coefficient (Wildman–Crippen LogP) is 2.59. The van der Waals surface area contributed by atoms with Gasteiger partial charge < -0.3 is 10.6 Å². The Morgan fingerprint density at radius 1 is 1.42 bits per heavy atom. The molecule has 2 unspecified atom stereocenters. The number of rotatable bonds is 3. The van der Waals surface area contributed by atoms with Crippen molar-refractivity contribution < 1.29 is 4.79 Å². The monoisotopic (exact) mass is 279 g/mol. The van der Waals surface area contributed by atoms with E-state index in [2.05, 4.69) is 15.6 Å². The zero-order valence-electron chi connectivity index (χ0n) is 10.7. The molecule has 0 saturated carbocycles. The minimum atomic E-state index is 0.0428. The maximum absolute atomic E-state index is 12.0. The molecule has 0 radical (unpaired) electrons. The predicted molar refractivity (Wildman–Crippen MR) is 75.2 cm³/mol. The minimum Gasteiger partial charge on any atom is -0.323 e. The topological polar surface area (TPSA) is 54.0 Å². The second kappa shape index (κ2) is 5.47. The summed E-state index contributed by atoms with van der Waals surface area (Å²) in [5.74, 6) is 0.537. The van der Waals surface area contributed by atoms with Gasteiger partial charge in [0.25, 0.3) is 0 Å². The molecule has 3 rings (SSSR count). The largest absolute Gasteiger partial charge is 0.323 e. The highest BCUT2D eigenvalue weighted by molar-refractivity contribution is 6.32. The first-order valence-corrected chi connectivity index (χ1v) is 7.25. The van der Waals surface area contributed by atoms with Crippen LogP contribution in [0.5, 0.6) is 0 Å². The van der Waals surface area contributed by atoms with Gasteiger partial charge in [0.15, 0.2) is 5.15 Å². The summed E-state index contributed by atoms with van der Waals surface area (Å²) in [6, 6.07) is 4.79. The van der Waals surface area contributed by atoms with E-state index < -0.39 is 0 Å². The van der Waals surface area contributed by atoms with Gasteiger partial charge in [0, 0.05) is 24.7 Å². The standard InChI is InChI=1S/C14H18ClN3O/c15-14-12(2-1-5-16-14)18-13(19)8-9-6-10-3-4-11(7-9)17-10/h1-2,5,9-11,17H,3-4,6-8H2,(H,18,19). The van der Waals surface area contributed by atoms with Gasteiger partial charge in [-0.25, -0.2) is 4.98 Å². The Kier molecular flexibility index (Phi) is 3.71. The van der Waals surface area contributed by atoms with Crippen LogP contribution in [0.25, 0.3) is 0 Å². The number of hydrogen-bond donors (Lipinski definition) is 2. The molecule has 2 N–H and O–H groups in total. The van der Waals surface area contributed by atoms with Crippen LogP contribution >= 0.6 is 11.6 Å². The minimum absolute atomic E-state index is 0.0428. The third-order valence-corrected chi connectivity index (χ3v) is 4.38. The molecular weight excluding hydrogens is 262 g/mol. The highest BCUT2D eigenvalue weighted by Crippen LogP contribution is 2.33. The lowest BCUT2D eigenvalue weighted by molar-refractivity contribution is -0.117. The molecule has 0 aliphatic carbocycles. The van der Waals surface area contributed by atoms with Crippen LogP contribution in [-0.4, -0.2) is 23.0 Å². The molecule has 2 saturated heterocycles. The first-order chi connectivity index (χ1) is 9.20. The average Bonchev–Trinajstić information content (AvgIpc) is 2.72. The molecule has 19 heavy (non-hydrogen) atoms. The van der Waals surface area contributed by atoms with E-state index in [1.807, 2.05) is 0 Å². The van der Waals surface area contributed by atoms with Gasteiger partial charge in [-0.1, -0.05) is 11.6 Å². The molecule has 2 aliphatic rings. The SMILES string of the molecule is O=C(CC1CC2CCC(C1)N2)Nc1cccnc1Cl. The van der Waals surface area contributed by atoms with Crippen molar-refractivity contribution in [2.24, 2.45) is 5.92 Å². The van der Waals surface area contributed by atoms with Crippen molar-refractivity contribution in [3.05, 3.63) is 23.5 Å². The number of carbonyl (C=O) groups excluding carboxylic acids is 1. The van der Waals surface area contributed by atoms with Crippen LogP contribution in [0.3, 0.4) is 0 Å². The first kappa shape index (κ1) is 12.9. The number of halogens is 1. The number of piperidine rings is 1. The van der Waals surface area contributed by atoms with Gasteiger partial charge in [0.05, 0.1) is 5.69 Å². The van der Waals surface area contributed by atoms with E-state index in [1.165, 1.54) is 12.8 Å². The van der Waals surface area contributed by atoms with Crippen LogP contribution in [0.2, 0.25) is 5.15 Å². The van der Waals surface area contributed by atoms with Gasteiger partial charge in [-0.3, -0.25) is 4.79 Å².